The second-order valence-electron chi connectivity index (χ2n) is 14.9. The number of carbonyl (C=O) groups excluding carboxylic acids is 3. The summed E-state index contributed by atoms with van der Waals surface area (Å²) in [4.78, 5) is 42.2. The lowest BCUT2D eigenvalue weighted by Crippen LogP contribution is -2.58. The van der Waals surface area contributed by atoms with E-state index in [0.29, 0.717) is 12.8 Å². The Morgan fingerprint density at radius 1 is 1.02 bits per heavy atom. The van der Waals surface area contributed by atoms with Gasteiger partial charge < -0.3 is 30.2 Å². The number of nitrogens with one attached hydrogen (secondary N) is 2. The van der Waals surface area contributed by atoms with Crippen molar-refractivity contribution in [3.63, 3.8) is 0 Å². The largest absolute Gasteiger partial charge is 0.414 e. The number of nitrogens with zero attached hydrogens (tertiary/aromatic N) is 1. The first-order chi connectivity index (χ1) is 20.9. The van der Waals surface area contributed by atoms with Crippen LogP contribution >= 0.6 is 0 Å². The topological polar surface area (TPSA) is 128 Å². The van der Waals surface area contributed by atoms with Crippen LogP contribution in [0.4, 0.5) is 0 Å². The van der Waals surface area contributed by atoms with Crippen LogP contribution in [0.1, 0.15) is 104 Å². The Bertz CT molecular complexity index is 1170. The zero-order valence-corrected chi connectivity index (χ0v) is 29.7. The minimum absolute atomic E-state index is 0.00618. The van der Waals surface area contributed by atoms with Gasteiger partial charge in [-0.05, 0) is 54.1 Å². The van der Waals surface area contributed by atoms with E-state index >= 15 is 0 Å². The van der Waals surface area contributed by atoms with Gasteiger partial charge in [0.05, 0.1) is 18.8 Å². The van der Waals surface area contributed by atoms with E-state index in [9.17, 15) is 19.5 Å². The molecule has 1 aliphatic rings. The number of likely N-dealkylation sites (tertiary alicyclic amines) is 1. The van der Waals surface area contributed by atoms with E-state index in [1.54, 1.807) is 0 Å². The third-order valence-corrected chi connectivity index (χ3v) is 13.6. The summed E-state index contributed by atoms with van der Waals surface area (Å²) >= 11 is 0. The standard InChI is InChI=1S/C35H57N3O6Si/c1-10-25-17-19-26(20-18-25)28(24-44-45(8,9)35(5,6)7)36-32(42)29-22-27(40)23-38(29)33(43)31(34(2,3)4)37-30(41)16-14-12-11-13-15-21-39/h1,17-20,27-29,31,39-40H,11-16,21-24H2,2-9H3,(H,36,42)(H,37,41)/t27-,28+,29+,31-/m1/s1. The lowest BCUT2D eigenvalue weighted by molar-refractivity contribution is -0.144. The molecule has 10 heteroatoms. The molecule has 1 aliphatic heterocycles. The van der Waals surface area contributed by atoms with Crippen LogP contribution in [0, 0.1) is 17.8 Å². The smallest absolute Gasteiger partial charge is 0.246 e. The molecule has 0 aliphatic carbocycles. The van der Waals surface area contributed by atoms with Gasteiger partial charge in [-0.25, -0.2) is 0 Å². The Hall–Kier alpha value is -2.71. The van der Waals surface area contributed by atoms with E-state index in [-0.39, 0.29) is 48.9 Å². The van der Waals surface area contributed by atoms with Crippen LogP contribution in [0.2, 0.25) is 18.1 Å². The summed E-state index contributed by atoms with van der Waals surface area (Å²) in [5.74, 6) is 1.63. The molecule has 4 atom stereocenters. The molecule has 0 spiro atoms. The molecule has 1 heterocycles. The highest BCUT2D eigenvalue weighted by atomic mass is 28.4. The Kier molecular flexibility index (Phi) is 14.3. The molecule has 3 amide bonds. The summed E-state index contributed by atoms with van der Waals surface area (Å²) in [5, 5.41) is 25.6. The summed E-state index contributed by atoms with van der Waals surface area (Å²) < 4.78 is 6.51. The minimum Gasteiger partial charge on any atom is -0.414 e. The zero-order chi connectivity index (χ0) is 34.0. The number of aliphatic hydroxyl groups is 2. The van der Waals surface area contributed by atoms with Gasteiger partial charge in [0, 0.05) is 31.6 Å². The lowest BCUT2D eigenvalue weighted by Gasteiger charge is -2.38. The molecule has 0 saturated carbocycles. The van der Waals surface area contributed by atoms with Crippen molar-refractivity contribution in [2.45, 2.75) is 129 Å². The molecule has 1 saturated heterocycles. The normalized spacial score (nSPS) is 18.6. The molecule has 0 unspecified atom stereocenters. The van der Waals surface area contributed by atoms with E-state index in [2.05, 4.69) is 50.4 Å². The molecule has 45 heavy (non-hydrogen) atoms. The maximum absolute atomic E-state index is 14.0. The van der Waals surface area contributed by atoms with Gasteiger partial charge in [0.25, 0.3) is 0 Å². The Morgan fingerprint density at radius 2 is 1.62 bits per heavy atom. The zero-order valence-electron chi connectivity index (χ0n) is 28.7. The van der Waals surface area contributed by atoms with Crippen molar-refractivity contribution in [3.8, 4) is 12.3 Å². The molecule has 4 N–H and O–H groups in total. The van der Waals surface area contributed by atoms with Crippen molar-refractivity contribution < 1.29 is 29.0 Å². The number of rotatable bonds is 15. The Morgan fingerprint density at radius 3 is 2.18 bits per heavy atom. The molecular formula is C35H57N3O6Si. The minimum atomic E-state index is -2.15. The van der Waals surface area contributed by atoms with Crippen LogP contribution in [0.3, 0.4) is 0 Å². The van der Waals surface area contributed by atoms with Crippen molar-refractivity contribution in [1.82, 2.24) is 15.5 Å². The number of hydrogen-bond acceptors (Lipinski definition) is 6. The molecule has 252 valence electrons. The van der Waals surface area contributed by atoms with Gasteiger partial charge >= 0.3 is 0 Å². The number of β-amino-alcohol motifs (C(OH)–C–C–N with tert-alkyl or cyclic N) is 1. The van der Waals surface area contributed by atoms with Crippen LogP contribution in [0.15, 0.2) is 24.3 Å². The third kappa shape index (κ3) is 11.5. The van der Waals surface area contributed by atoms with E-state index in [1.807, 2.05) is 45.0 Å². The molecule has 1 fully saturated rings. The molecule has 0 bridgehead atoms. The summed E-state index contributed by atoms with van der Waals surface area (Å²) in [6.45, 7) is 16.8. The van der Waals surface area contributed by atoms with E-state index in [4.69, 9.17) is 16.0 Å². The van der Waals surface area contributed by atoms with Gasteiger partial charge in [-0.2, -0.15) is 0 Å². The van der Waals surface area contributed by atoms with Gasteiger partial charge in [-0.1, -0.05) is 78.9 Å². The summed E-state index contributed by atoms with van der Waals surface area (Å²) in [6.07, 6.45) is 9.26. The number of amides is 3. The van der Waals surface area contributed by atoms with E-state index in [1.165, 1.54) is 4.90 Å². The van der Waals surface area contributed by atoms with Gasteiger partial charge in [-0.3, -0.25) is 14.4 Å². The number of aliphatic hydroxyl groups excluding tert-OH is 2. The van der Waals surface area contributed by atoms with Crippen molar-refractivity contribution in [1.29, 1.82) is 0 Å². The Balaban J connectivity index is 2.23. The maximum atomic E-state index is 14.0. The molecule has 0 aromatic heterocycles. The average Bonchev–Trinajstić information content (AvgIpc) is 3.36. The lowest BCUT2D eigenvalue weighted by atomic mass is 9.85. The number of hydrogen-bond donors (Lipinski definition) is 4. The molecule has 1 aromatic rings. The van der Waals surface area contributed by atoms with Crippen molar-refractivity contribution in [3.05, 3.63) is 35.4 Å². The fraction of sp³-hybridized carbons (Fsp3) is 0.686. The fourth-order valence-corrected chi connectivity index (χ4v) is 6.11. The third-order valence-electron chi connectivity index (χ3n) is 9.06. The van der Waals surface area contributed by atoms with Crippen LogP contribution in [-0.4, -0.2) is 79.1 Å². The van der Waals surface area contributed by atoms with Crippen LogP contribution in [-0.2, 0) is 18.8 Å². The number of unbranched alkanes of at least 4 members (excludes halogenated alkanes) is 4. The summed E-state index contributed by atoms with van der Waals surface area (Å²) in [7, 11) is -2.15. The number of carbonyl (C=O) groups is 3. The molecule has 2 rings (SSSR count). The number of terminal acetylenes is 1. The maximum Gasteiger partial charge on any atom is 0.246 e. The monoisotopic (exact) mass is 643 g/mol. The summed E-state index contributed by atoms with van der Waals surface area (Å²) in [5.41, 5.74) is 0.927. The van der Waals surface area contributed by atoms with Gasteiger partial charge in [0.1, 0.15) is 12.1 Å². The predicted molar refractivity (Wildman–Crippen MR) is 181 cm³/mol. The second-order valence-corrected chi connectivity index (χ2v) is 19.7. The number of benzene rings is 1. The average molecular weight is 644 g/mol. The van der Waals surface area contributed by atoms with Crippen LogP contribution < -0.4 is 10.6 Å². The molecular weight excluding hydrogens is 586 g/mol. The van der Waals surface area contributed by atoms with Crippen LogP contribution in [0.5, 0.6) is 0 Å². The molecule has 1 aromatic carbocycles. The van der Waals surface area contributed by atoms with Gasteiger partial charge in [0.15, 0.2) is 8.32 Å². The highest BCUT2D eigenvalue weighted by molar-refractivity contribution is 6.74. The quantitative estimate of drug-likeness (QED) is 0.125. The first kappa shape index (κ1) is 38.5. The van der Waals surface area contributed by atoms with Gasteiger partial charge in [-0.15, -0.1) is 6.42 Å². The highest BCUT2D eigenvalue weighted by Gasteiger charge is 2.45. The Labute approximate surface area is 272 Å². The first-order valence-corrected chi connectivity index (χ1v) is 19.2. The van der Waals surface area contributed by atoms with Crippen LogP contribution in [0.25, 0.3) is 0 Å². The summed E-state index contributed by atoms with van der Waals surface area (Å²) in [6, 6.07) is 5.13. The van der Waals surface area contributed by atoms with Crippen molar-refractivity contribution in [2.24, 2.45) is 5.41 Å². The SMILES string of the molecule is C#Cc1ccc([C@H](CO[Si](C)(C)C(C)(C)C)NC(=O)[C@@H]2C[C@@H](O)CN2C(=O)[C@@H](NC(=O)CCCCCCCO)C(C)(C)C)cc1. The highest BCUT2D eigenvalue weighted by Crippen LogP contribution is 2.37. The first-order valence-electron chi connectivity index (χ1n) is 16.3. The molecule has 0 radical (unpaired) electrons. The predicted octanol–water partition coefficient (Wildman–Crippen LogP) is 4.67. The fourth-order valence-electron chi connectivity index (χ4n) is 5.09. The van der Waals surface area contributed by atoms with Crippen molar-refractivity contribution >= 4 is 26.0 Å². The molecule has 9 nitrogen and oxygen atoms in total. The van der Waals surface area contributed by atoms with Gasteiger partial charge in [0.2, 0.25) is 17.7 Å². The van der Waals surface area contributed by atoms with Crippen molar-refractivity contribution in [2.75, 3.05) is 19.8 Å². The van der Waals surface area contributed by atoms with E-state index in [0.717, 1.165) is 36.8 Å². The second kappa shape index (κ2) is 16.7. The van der Waals surface area contributed by atoms with E-state index < -0.39 is 38.0 Å².